The van der Waals surface area contributed by atoms with Crippen molar-refractivity contribution in [3.05, 3.63) is 35.4 Å². The van der Waals surface area contributed by atoms with Crippen LogP contribution in [0.2, 0.25) is 0 Å². The van der Waals surface area contributed by atoms with Crippen LogP contribution in [0.1, 0.15) is 23.5 Å². The molecule has 1 unspecified atom stereocenters. The Morgan fingerprint density at radius 3 is 3.13 bits per heavy atom. The largest absolute Gasteiger partial charge is 0.381 e. The molecule has 0 radical (unpaired) electrons. The molecule has 0 saturated carbocycles. The van der Waals surface area contributed by atoms with Gasteiger partial charge in [0.15, 0.2) is 0 Å². The first-order valence-corrected chi connectivity index (χ1v) is 5.71. The lowest BCUT2D eigenvalue weighted by Crippen LogP contribution is -2.10. The van der Waals surface area contributed by atoms with Gasteiger partial charge in [0.1, 0.15) is 0 Å². The van der Waals surface area contributed by atoms with Crippen molar-refractivity contribution in [1.29, 1.82) is 0 Å². The third kappa shape index (κ3) is 2.80. The second kappa shape index (κ2) is 5.29. The van der Waals surface area contributed by atoms with Gasteiger partial charge in [-0.25, -0.2) is 0 Å². The molecule has 1 fully saturated rings. The fourth-order valence-corrected chi connectivity index (χ4v) is 2.07. The van der Waals surface area contributed by atoms with E-state index in [4.69, 9.17) is 4.74 Å². The summed E-state index contributed by atoms with van der Waals surface area (Å²) in [6, 6.07) is 8.92. The van der Waals surface area contributed by atoms with E-state index in [2.05, 4.69) is 29.6 Å². The van der Waals surface area contributed by atoms with Crippen molar-refractivity contribution >= 4 is 0 Å². The zero-order valence-corrected chi connectivity index (χ0v) is 9.33. The molecular weight excluding hydrogens is 186 g/mol. The Labute approximate surface area is 91.6 Å². The minimum absolute atomic E-state index is 0.625. The van der Waals surface area contributed by atoms with Gasteiger partial charge in [0.2, 0.25) is 0 Å². The molecule has 1 aromatic rings. The highest BCUT2D eigenvalue weighted by Gasteiger charge is 2.17. The first kappa shape index (κ1) is 10.7. The lowest BCUT2D eigenvalue weighted by atomic mass is 9.96. The van der Waals surface area contributed by atoms with E-state index < -0.39 is 0 Å². The number of rotatable bonds is 4. The van der Waals surface area contributed by atoms with Crippen molar-refractivity contribution in [1.82, 2.24) is 5.32 Å². The Hall–Kier alpha value is -0.860. The quantitative estimate of drug-likeness (QED) is 0.811. The van der Waals surface area contributed by atoms with Crippen LogP contribution in [-0.2, 0) is 11.2 Å². The zero-order valence-electron chi connectivity index (χ0n) is 9.33. The number of hydrogen-bond acceptors (Lipinski definition) is 2. The first-order chi connectivity index (χ1) is 7.40. The van der Waals surface area contributed by atoms with Crippen LogP contribution >= 0.6 is 0 Å². The molecule has 0 amide bonds. The number of hydrogen-bond donors (Lipinski definition) is 1. The van der Waals surface area contributed by atoms with E-state index in [9.17, 15) is 0 Å². The van der Waals surface area contributed by atoms with E-state index in [-0.39, 0.29) is 0 Å². The lowest BCUT2D eigenvalue weighted by Gasteiger charge is -2.09. The van der Waals surface area contributed by atoms with Crippen LogP contribution in [0.3, 0.4) is 0 Å². The van der Waals surface area contributed by atoms with E-state index in [1.807, 2.05) is 7.05 Å². The maximum absolute atomic E-state index is 5.42. The molecule has 2 rings (SSSR count). The fraction of sp³-hybridized carbons (Fsp3) is 0.538. The van der Waals surface area contributed by atoms with Crippen LogP contribution in [-0.4, -0.2) is 26.8 Å². The molecule has 1 atom stereocenters. The molecule has 1 aliphatic heterocycles. The molecule has 0 aromatic heterocycles. The van der Waals surface area contributed by atoms with Gasteiger partial charge < -0.3 is 10.1 Å². The van der Waals surface area contributed by atoms with Crippen molar-refractivity contribution in [3.63, 3.8) is 0 Å². The van der Waals surface area contributed by atoms with Crippen LogP contribution in [0, 0.1) is 0 Å². The van der Waals surface area contributed by atoms with E-state index in [1.54, 1.807) is 0 Å². The molecule has 1 aliphatic rings. The van der Waals surface area contributed by atoms with Crippen LogP contribution in [0.4, 0.5) is 0 Å². The summed E-state index contributed by atoms with van der Waals surface area (Å²) in [5.41, 5.74) is 2.87. The Kier molecular flexibility index (Phi) is 3.75. The minimum Gasteiger partial charge on any atom is -0.381 e. The van der Waals surface area contributed by atoms with Gasteiger partial charge in [-0.3, -0.25) is 0 Å². The highest BCUT2D eigenvalue weighted by Crippen LogP contribution is 2.25. The summed E-state index contributed by atoms with van der Waals surface area (Å²) < 4.78 is 5.42. The SMILES string of the molecule is CNCCc1cccc(C2CCOC2)c1. The summed E-state index contributed by atoms with van der Waals surface area (Å²) in [6.07, 6.45) is 2.29. The minimum atomic E-state index is 0.625. The maximum atomic E-state index is 5.42. The molecule has 1 N–H and O–H groups in total. The second-order valence-corrected chi connectivity index (χ2v) is 4.16. The molecule has 0 spiro atoms. The van der Waals surface area contributed by atoms with Gasteiger partial charge in [-0.15, -0.1) is 0 Å². The highest BCUT2D eigenvalue weighted by atomic mass is 16.5. The van der Waals surface area contributed by atoms with Gasteiger partial charge in [0, 0.05) is 12.5 Å². The molecule has 82 valence electrons. The van der Waals surface area contributed by atoms with Crippen LogP contribution in [0.15, 0.2) is 24.3 Å². The third-order valence-electron chi connectivity index (χ3n) is 3.02. The Morgan fingerprint density at radius 2 is 2.40 bits per heavy atom. The summed E-state index contributed by atoms with van der Waals surface area (Å²) in [5.74, 6) is 0.625. The van der Waals surface area contributed by atoms with Crippen molar-refractivity contribution in [3.8, 4) is 0 Å². The Bertz CT molecular complexity index is 305. The fourth-order valence-electron chi connectivity index (χ4n) is 2.07. The van der Waals surface area contributed by atoms with E-state index in [0.717, 1.165) is 26.2 Å². The number of nitrogens with one attached hydrogen (secondary N) is 1. The summed E-state index contributed by atoms with van der Waals surface area (Å²) >= 11 is 0. The van der Waals surface area contributed by atoms with Crippen molar-refractivity contribution in [2.75, 3.05) is 26.8 Å². The molecule has 2 heteroatoms. The van der Waals surface area contributed by atoms with Crippen molar-refractivity contribution < 1.29 is 4.74 Å². The van der Waals surface area contributed by atoms with E-state index >= 15 is 0 Å². The third-order valence-corrected chi connectivity index (χ3v) is 3.02. The lowest BCUT2D eigenvalue weighted by molar-refractivity contribution is 0.194. The first-order valence-electron chi connectivity index (χ1n) is 5.71. The summed E-state index contributed by atoms with van der Waals surface area (Å²) in [5, 5.41) is 3.18. The van der Waals surface area contributed by atoms with Gasteiger partial charge in [-0.1, -0.05) is 24.3 Å². The van der Waals surface area contributed by atoms with Crippen molar-refractivity contribution in [2.24, 2.45) is 0 Å². The topological polar surface area (TPSA) is 21.3 Å². The molecule has 1 saturated heterocycles. The Morgan fingerprint density at radius 1 is 1.47 bits per heavy atom. The summed E-state index contributed by atoms with van der Waals surface area (Å²) in [4.78, 5) is 0. The molecule has 1 heterocycles. The standard InChI is InChI=1S/C13H19NO/c1-14-7-5-11-3-2-4-12(9-11)13-6-8-15-10-13/h2-4,9,13-14H,5-8,10H2,1H3. The zero-order chi connectivity index (χ0) is 10.5. The second-order valence-electron chi connectivity index (χ2n) is 4.16. The molecule has 0 aliphatic carbocycles. The van der Waals surface area contributed by atoms with Crippen molar-refractivity contribution in [2.45, 2.75) is 18.8 Å². The van der Waals surface area contributed by atoms with Crippen LogP contribution in [0.5, 0.6) is 0 Å². The predicted molar refractivity (Wildman–Crippen MR) is 62.2 cm³/mol. The molecule has 15 heavy (non-hydrogen) atoms. The van der Waals surface area contributed by atoms with E-state index in [1.165, 1.54) is 17.5 Å². The molecule has 2 nitrogen and oxygen atoms in total. The van der Waals surface area contributed by atoms with Gasteiger partial charge in [0.25, 0.3) is 0 Å². The number of ether oxygens (including phenoxy) is 1. The van der Waals surface area contributed by atoms with Crippen LogP contribution < -0.4 is 5.32 Å². The molecule has 1 aromatic carbocycles. The van der Waals surface area contributed by atoms with Gasteiger partial charge in [0.05, 0.1) is 6.61 Å². The molecular formula is C13H19NO. The smallest absolute Gasteiger partial charge is 0.0535 e. The van der Waals surface area contributed by atoms with Gasteiger partial charge >= 0.3 is 0 Å². The van der Waals surface area contributed by atoms with Crippen LogP contribution in [0.25, 0.3) is 0 Å². The average Bonchev–Trinajstić information content (AvgIpc) is 2.80. The monoisotopic (exact) mass is 205 g/mol. The predicted octanol–water partition coefficient (Wildman–Crippen LogP) is 1.95. The number of benzene rings is 1. The Balaban J connectivity index is 2.04. The summed E-state index contributed by atoms with van der Waals surface area (Å²) in [7, 11) is 1.99. The maximum Gasteiger partial charge on any atom is 0.0535 e. The number of likely N-dealkylation sites (N-methyl/N-ethyl adjacent to an activating group) is 1. The van der Waals surface area contributed by atoms with E-state index in [0.29, 0.717) is 5.92 Å². The highest BCUT2D eigenvalue weighted by molar-refractivity contribution is 5.27. The van der Waals surface area contributed by atoms with Gasteiger partial charge in [-0.05, 0) is 37.6 Å². The summed E-state index contributed by atoms with van der Waals surface area (Å²) in [6.45, 7) is 2.87. The van der Waals surface area contributed by atoms with Gasteiger partial charge in [-0.2, -0.15) is 0 Å². The molecule has 0 bridgehead atoms. The normalized spacial score (nSPS) is 20.7. The average molecular weight is 205 g/mol.